The summed E-state index contributed by atoms with van der Waals surface area (Å²) in [5.41, 5.74) is 2.34. The van der Waals surface area contributed by atoms with Gasteiger partial charge in [-0.05, 0) is 44.3 Å². The first-order chi connectivity index (χ1) is 14.7. The summed E-state index contributed by atoms with van der Waals surface area (Å²) in [5.74, 6) is 1.12. The minimum atomic E-state index is -0.453. The van der Waals surface area contributed by atoms with E-state index in [0.717, 1.165) is 25.1 Å². The van der Waals surface area contributed by atoms with Crippen molar-refractivity contribution in [3.8, 4) is 11.4 Å². The molecule has 5 nitrogen and oxygen atoms in total. The van der Waals surface area contributed by atoms with E-state index in [4.69, 9.17) is 4.52 Å². The average Bonchev–Trinajstić information content (AvgIpc) is 3.43. The van der Waals surface area contributed by atoms with Crippen LogP contribution in [0.15, 0.2) is 28.8 Å². The predicted octanol–water partition coefficient (Wildman–Crippen LogP) is 5.84. The minimum Gasteiger partial charge on any atom is -0.391 e. The molecule has 0 spiro atoms. The van der Waals surface area contributed by atoms with E-state index in [1.165, 1.54) is 69.8 Å². The standard InChI is InChI=1S/C25H39N3O2.ClH/c1-2-3-4-5-6-7-8-9-12-21-13-15-22(16-14-21)25-26-24(30-27-25)19-23(29)20-28-17-10-11-18-28;/h13-16,23,29H,2-12,17-20H2,1H3;1H. The largest absolute Gasteiger partial charge is 0.391 e. The molecular formula is C25H40ClN3O2. The Morgan fingerprint density at radius 1 is 0.968 bits per heavy atom. The lowest BCUT2D eigenvalue weighted by molar-refractivity contribution is 0.117. The summed E-state index contributed by atoms with van der Waals surface area (Å²) in [5, 5.41) is 14.4. The second kappa shape index (κ2) is 14.6. The molecule has 1 N–H and O–H groups in total. The molecule has 1 saturated heterocycles. The molecule has 31 heavy (non-hydrogen) atoms. The van der Waals surface area contributed by atoms with E-state index in [1.54, 1.807) is 0 Å². The molecular weight excluding hydrogens is 410 g/mol. The van der Waals surface area contributed by atoms with Crippen LogP contribution in [0.3, 0.4) is 0 Å². The van der Waals surface area contributed by atoms with Gasteiger partial charge in [0, 0.05) is 12.1 Å². The number of unbranched alkanes of at least 4 members (excludes halogenated alkanes) is 7. The molecule has 1 aliphatic heterocycles. The molecule has 1 aromatic carbocycles. The Morgan fingerprint density at radius 2 is 1.61 bits per heavy atom. The second-order valence-corrected chi connectivity index (χ2v) is 8.80. The van der Waals surface area contributed by atoms with Gasteiger partial charge in [0.25, 0.3) is 0 Å². The van der Waals surface area contributed by atoms with Crippen molar-refractivity contribution < 1.29 is 9.63 Å². The Morgan fingerprint density at radius 3 is 2.29 bits per heavy atom. The third-order valence-electron chi connectivity index (χ3n) is 6.08. The van der Waals surface area contributed by atoms with Crippen LogP contribution in [0.2, 0.25) is 0 Å². The van der Waals surface area contributed by atoms with Gasteiger partial charge in [0.2, 0.25) is 11.7 Å². The van der Waals surface area contributed by atoms with Crippen LogP contribution in [0.4, 0.5) is 0 Å². The number of aromatic nitrogens is 2. The minimum absolute atomic E-state index is 0. The first-order valence-corrected chi connectivity index (χ1v) is 12.1. The molecule has 1 aliphatic rings. The number of aliphatic hydroxyl groups excluding tert-OH is 1. The van der Waals surface area contributed by atoms with E-state index >= 15 is 0 Å². The maximum Gasteiger partial charge on any atom is 0.229 e. The van der Waals surface area contributed by atoms with E-state index in [9.17, 15) is 5.11 Å². The van der Waals surface area contributed by atoms with Crippen LogP contribution in [0.5, 0.6) is 0 Å². The van der Waals surface area contributed by atoms with Gasteiger partial charge < -0.3 is 14.5 Å². The second-order valence-electron chi connectivity index (χ2n) is 8.80. The van der Waals surface area contributed by atoms with Crippen LogP contribution in [0.1, 0.15) is 82.6 Å². The van der Waals surface area contributed by atoms with Crippen LogP contribution >= 0.6 is 12.4 Å². The summed E-state index contributed by atoms with van der Waals surface area (Å²) >= 11 is 0. The monoisotopic (exact) mass is 449 g/mol. The Bertz CT molecular complexity index is 714. The number of benzene rings is 1. The molecule has 174 valence electrons. The fourth-order valence-electron chi connectivity index (χ4n) is 4.27. The molecule has 2 heterocycles. The van der Waals surface area contributed by atoms with E-state index in [2.05, 4.69) is 46.2 Å². The van der Waals surface area contributed by atoms with Gasteiger partial charge >= 0.3 is 0 Å². The zero-order chi connectivity index (χ0) is 21.0. The normalized spacial score (nSPS) is 15.2. The highest BCUT2D eigenvalue weighted by molar-refractivity contribution is 5.85. The third-order valence-corrected chi connectivity index (χ3v) is 6.08. The highest BCUT2D eigenvalue weighted by Gasteiger charge is 2.18. The van der Waals surface area contributed by atoms with Crippen LogP contribution in [0.25, 0.3) is 11.4 Å². The Hall–Kier alpha value is -1.43. The molecule has 0 radical (unpaired) electrons. The lowest BCUT2D eigenvalue weighted by Gasteiger charge is -2.17. The summed E-state index contributed by atoms with van der Waals surface area (Å²) in [6, 6.07) is 8.51. The highest BCUT2D eigenvalue weighted by Crippen LogP contribution is 2.19. The van der Waals surface area contributed by atoms with Crippen molar-refractivity contribution in [1.82, 2.24) is 15.0 Å². The van der Waals surface area contributed by atoms with Crippen LogP contribution in [-0.4, -0.2) is 45.9 Å². The topological polar surface area (TPSA) is 62.4 Å². The van der Waals surface area contributed by atoms with E-state index in [-0.39, 0.29) is 12.4 Å². The fourth-order valence-corrected chi connectivity index (χ4v) is 4.27. The molecule has 0 amide bonds. The summed E-state index contributed by atoms with van der Waals surface area (Å²) in [7, 11) is 0. The van der Waals surface area contributed by atoms with E-state index in [1.807, 2.05) is 0 Å². The first-order valence-electron chi connectivity index (χ1n) is 12.1. The molecule has 1 aromatic heterocycles. The van der Waals surface area contributed by atoms with Gasteiger partial charge in [-0.2, -0.15) is 4.98 Å². The SMILES string of the molecule is CCCCCCCCCCc1ccc(-c2noc(CC(O)CN3CCCC3)n2)cc1.Cl. The van der Waals surface area contributed by atoms with Crippen LogP contribution < -0.4 is 0 Å². The quantitative estimate of drug-likeness (QED) is 0.367. The van der Waals surface area contributed by atoms with Gasteiger partial charge in [-0.25, -0.2) is 0 Å². The van der Waals surface area contributed by atoms with Crippen molar-refractivity contribution in [2.75, 3.05) is 19.6 Å². The van der Waals surface area contributed by atoms with Gasteiger partial charge in [0.1, 0.15) is 0 Å². The third kappa shape index (κ3) is 9.30. The van der Waals surface area contributed by atoms with E-state index in [0.29, 0.717) is 24.7 Å². The molecule has 1 atom stereocenters. The summed E-state index contributed by atoms with van der Waals surface area (Å²) in [6.45, 7) is 5.11. The smallest absolute Gasteiger partial charge is 0.229 e. The number of rotatable bonds is 14. The van der Waals surface area contributed by atoms with Crippen molar-refractivity contribution in [3.05, 3.63) is 35.7 Å². The predicted molar refractivity (Wildman–Crippen MR) is 129 cm³/mol. The summed E-state index contributed by atoms with van der Waals surface area (Å²) < 4.78 is 5.37. The van der Waals surface area contributed by atoms with Gasteiger partial charge in [-0.15, -0.1) is 12.4 Å². The van der Waals surface area contributed by atoms with Crippen molar-refractivity contribution in [2.24, 2.45) is 0 Å². The number of aryl methyl sites for hydroxylation is 1. The molecule has 1 unspecified atom stereocenters. The molecule has 0 bridgehead atoms. The molecule has 0 aliphatic carbocycles. The number of likely N-dealkylation sites (tertiary alicyclic amines) is 1. The number of aliphatic hydroxyl groups is 1. The van der Waals surface area contributed by atoms with Crippen LogP contribution in [-0.2, 0) is 12.8 Å². The van der Waals surface area contributed by atoms with Crippen molar-refractivity contribution in [1.29, 1.82) is 0 Å². The van der Waals surface area contributed by atoms with Crippen molar-refractivity contribution >= 4 is 12.4 Å². The number of halogens is 1. The number of hydrogen-bond acceptors (Lipinski definition) is 5. The summed E-state index contributed by atoms with van der Waals surface area (Å²) in [4.78, 5) is 6.78. The molecule has 3 rings (SSSR count). The lowest BCUT2D eigenvalue weighted by Crippen LogP contribution is -2.31. The Balaban J connectivity index is 0.00000341. The highest BCUT2D eigenvalue weighted by atomic mass is 35.5. The zero-order valence-corrected chi connectivity index (χ0v) is 19.9. The molecule has 6 heteroatoms. The van der Waals surface area contributed by atoms with Crippen molar-refractivity contribution in [2.45, 2.75) is 90.1 Å². The zero-order valence-electron chi connectivity index (χ0n) is 19.1. The molecule has 2 aromatic rings. The summed E-state index contributed by atoms with van der Waals surface area (Å²) in [6.07, 6.45) is 14.4. The molecule has 1 fully saturated rings. The lowest BCUT2D eigenvalue weighted by atomic mass is 10.0. The first kappa shape index (κ1) is 25.8. The Kier molecular flexibility index (Phi) is 12.2. The van der Waals surface area contributed by atoms with Gasteiger partial charge in [0.05, 0.1) is 12.5 Å². The van der Waals surface area contributed by atoms with Gasteiger partial charge in [-0.3, -0.25) is 0 Å². The number of nitrogens with zero attached hydrogens (tertiary/aromatic N) is 3. The van der Waals surface area contributed by atoms with Crippen molar-refractivity contribution in [3.63, 3.8) is 0 Å². The fraction of sp³-hybridized carbons (Fsp3) is 0.680. The van der Waals surface area contributed by atoms with Gasteiger partial charge in [0.15, 0.2) is 0 Å². The molecule has 0 saturated carbocycles. The Labute approximate surface area is 194 Å². The van der Waals surface area contributed by atoms with Crippen LogP contribution in [0, 0.1) is 0 Å². The van der Waals surface area contributed by atoms with E-state index < -0.39 is 6.10 Å². The average molecular weight is 450 g/mol. The maximum atomic E-state index is 10.3. The van der Waals surface area contributed by atoms with Gasteiger partial charge in [-0.1, -0.05) is 81.3 Å². The maximum absolute atomic E-state index is 10.3. The number of β-amino-alcohol motifs (C(OH)–C–C–N with tert-alkyl or cyclic N) is 1. The number of hydrogen-bond donors (Lipinski definition) is 1.